The van der Waals surface area contributed by atoms with E-state index >= 15 is 0 Å². The third-order valence-corrected chi connectivity index (χ3v) is 5.17. The van der Waals surface area contributed by atoms with Crippen LogP contribution in [0.1, 0.15) is 34.2 Å². The van der Waals surface area contributed by atoms with Crippen LogP contribution < -0.4 is 0 Å². The van der Waals surface area contributed by atoms with Gasteiger partial charge < -0.3 is 10.0 Å². The minimum Gasteiger partial charge on any atom is -0.476 e. The highest BCUT2D eigenvalue weighted by Gasteiger charge is 2.31. The van der Waals surface area contributed by atoms with Gasteiger partial charge >= 0.3 is 5.97 Å². The lowest BCUT2D eigenvalue weighted by Gasteiger charge is -2.30. The molecule has 4 heterocycles. The number of carbonyl (C=O) groups is 2. The number of carboxylic acids is 1. The van der Waals surface area contributed by atoms with Gasteiger partial charge in [0, 0.05) is 55.6 Å². The van der Waals surface area contributed by atoms with Gasteiger partial charge in [0.25, 0.3) is 0 Å². The Labute approximate surface area is 167 Å². The maximum absolute atomic E-state index is 12.9. The van der Waals surface area contributed by atoms with Crippen LogP contribution in [0, 0.1) is 5.92 Å². The molecule has 1 N–H and O–H groups in total. The number of hydrogen-bond donors (Lipinski definition) is 1. The van der Waals surface area contributed by atoms with Crippen molar-refractivity contribution in [1.29, 1.82) is 0 Å². The number of carbonyl (C=O) groups excluding carboxylic acids is 1. The fraction of sp³-hybridized carbons (Fsp3) is 0.350. The first-order valence-corrected chi connectivity index (χ1v) is 9.50. The predicted molar refractivity (Wildman–Crippen MR) is 103 cm³/mol. The number of rotatable bonds is 6. The van der Waals surface area contributed by atoms with Gasteiger partial charge in [-0.15, -0.1) is 0 Å². The van der Waals surface area contributed by atoms with Crippen molar-refractivity contribution in [1.82, 2.24) is 29.4 Å². The largest absolute Gasteiger partial charge is 0.476 e. The van der Waals surface area contributed by atoms with Crippen molar-refractivity contribution in [3.05, 3.63) is 65.5 Å². The summed E-state index contributed by atoms with van der Waals surface area (Å²) < 4.78 is 3.47. The Morgan fingerprint density at radius 2 is 2.03 bits per heavy atom. The lowest BCUT2D eigenvalue weighted by atomic mass is 10.0. The molecule has 1 aliphatic rings. The Morgan fingerprint density at radius 1 is 1.24 bits per heavy atom. The Kier molecular flexibility index (Phi) is 5.11. The number of carboxylic acid groups (broad SMARTS) is 1. The van der Waals surface area contributed by atoms with Crippen molar-refractivity contribution < 1.29 is 14.7 Å². The molecule has 150 valence electrons. The minimum atomic E-state index is -1.08. The van der Waals surface area contributed by atoms with E-state index < -0.39 is 5.97 Å². The molecule has 0 aliphatic carbocycles. The molecule has 0 saturated carbocycles. The summed E-state index contributed by atoms with van der Waals surface area (Å²) in [5.74, 6) is -1.34. The average molecular weight is 394 g/mol. The molecule has 0 bridgehead atoms. The zero-order valence-corrected chi connectivity index (χ0v) is 16.1. The molecule has 0 spiro atoms. The maximum atomic E-state index is 12.9. The quantitative estimate of drug-likeness (QED) is 0.678. The van der Waals surface area contributed by atoms with Crippen LogP contribution in [0.15, 0.2) is 43.0 Å². The lowest BCUT2D eigenvalue weighted by molar-refractivity contribution is -0.136. The predicted octanol–water partition coefficient (Wildman–Crippen LogP) is 1.44. The molecule has 1 atom stereocenters. The van der Waals surface area contributed by atoms with E-state index in [-0.39, 0.29) is 24.1 Å². The minimum absolute atomic E-state index is 0.00984. The molecule has 0 radical (unpaired) electrons. The molecule has 0 saturated heterocycles. The Balaban J connectivity index is 1.55. The number of fused-ring (bicyclic) bond motifs is 1. The van der Waals surface area contributed by atoms with E-state index in [1.165, 1.54) is 0 Å². The van der Waals surface area contributed by atoms with Crippen molar-refractivity contribution in [2.24, 2.45) is 5.92 Å². The van der Waals surface area contributed by atoms with Gasteiger partial charge in [-0.25, -0.2) is 4.79 Å². The molecule has 29 heavy (non-hydrogen) atoms. The van der Waals surface area contributed by atoms with Gasteiger partial charge in [-0.1, -0.05) is 6.92 Å². The molecule has 3 aromatic rings. The molecule has 0 aromatic carbocycles. The molecular formula is C20H22N6O3. The molecule has 1 amide bonds. The first-order valence-electron chi connectivity index (χ1n) is 9.50. The highest BCUT2D eigenvalue weighted by Crippen LogP contribution is 2.25. The van der Waals surface area contributed by atoms with Gasteiger partial charge in [-0.05, 0) is 23.8 Å². The molecule has 9 heteroatoms. The van der Waals surface area contributed by atoms with Crippen molar-refractivity contribution >= 4 is 11.9 Å². The SMILES string of the molecule is CC(Cn1cccn1)C(=O)N1CCc2c(c(C(=O)O)nn2Cc2ccncc2)C1. The summed E-state index contributed by atoms with van der Waals surface area (Å²) in [4.78, 5) is 30.4. The molecule has 9 nitrogen and oxygen atoms in total. The van der Waals surface area contributed by atoms with Crippen LogP contribution in [0.3, 0.4) is 0 Å². The zero-order valence-electron chi connectivity index (χ0n) is 16.1. The van der Waals surface area contributed by atoms with E-state index in [9.17, 15) is 14.7 Å². The van der Waals surface area contributed by atoms with Gasteiger partial charge in [0.05, 0.1) is 19.0 Å². The summed E-state index contributed by atoms with van der Waals surface area (Å²) in [5, 5.41) is 18.1. The van der Waals surface area contributed by atoms with Crippen molar-refractivity contribution in [2.75, 3.05) is 6.54 Å². The van der Waals surface area contributed by atoms with Crippen molar-refractivity contribution in [3.63, 3.8) is 0 Å². The molecule has 3 aromatic heterocycles. The van der Waals surface area contributed by atoms with E-state index in [1.807, 2.05) is 31.3 Å². The first kappa shape index (κ1) is 18.9. The van der Waals surface area contributed by atoms with Gasteiger partial charge in [0.15, 0.2) is 5.69 Å². The summed E-state index contributed by atoms with van der Waals surface area (Å²) in [6.45, 7) is 3.63. The van der Waals surface area contributed by atoms with Crippen LogP contribution in [-0.2, 0) is 30.8 Å². The normalized spacial score (nSPS) is 14.4. The van der Waals surface area contributed by atoms with E-state index in [4.69, 9.17) is 0 Å². The van der Waals surface area contributed by atoms with Crippen LogP contribution >= 0.6 is 0 Å². The summed E-state index contributed by atoms with van der Waals surface area (Å²) >= 11 is 0. The van der Waals surface area contributed by atoms with E-state index in [0.29, 0.717) is 31.6 Å². The molecule has 1 unspecified atom stereocenters. The molecule has 4 rings (SSSR count). The van der Waals surface area contributed by atoms with E-state index in [2.05, 4.69) is 15.2 Å². The number of hydrogen-bond acceptors (Lipinski definition) is 5. The number of aromatic carboxylic acids is 1. The van der Waals surface area contributed by atoms with Gasteiger partial charge in [0.1, 0.15) is 0 Å². The Bertz CT molecular complexity index is 1010. The number of nitrogens with zero attached hydrogens (tertiary/aromatic N) is 6. The third kappa shape index (κ3) is 3.89. The second-order valence-corrected chi connectivity index (χ2v) is 7.23. The summed E-state index contributed by atoms with van der Waals surface area (Å²) in [7, 11) is 0. The maximum Gasteiger partial charge on any atom is 0.356 e. The van der Waals surface area contributed by atoms with Crippen LogP contribution in [0.4, 0.5) is 0 Å². The summed E-state index contributed by atoms with van der Waals surface area (Å²) in [5.41, 5.74) is 2.51. The Morgan fingerprint density at radius 3 is 2.72 bits per heavy atom. The van der Waals surface area contributed by atoms with Crippen molar-refractivity contribution in [3.8, 4) is 0 Å². The molecular weight excluding hydrogens is 372 g/mol. The number of aromatic nitrogens is 5. The standard InChI is InChI=1S/C20H22N6O3/c1-14(11-25-9-2-6-22-25)19(27)24-10-5-17-16(13-24)18(20(28)29)23-26(17)12-15-3-7-21-8-4-15/h2-4,6-9,14H,5,10-13H2,1H3,(H,28,29). The zero-order chi connectivity index (χ0) is 20.4. The summed E-state index contributed by atoms with van der Waals surface area (Å²) in [6, 6.07) is 5.58. The fourth-order valence-corrected chi connectivity index (χ4v) is 3.72. The topological polar surface area (TPSA) is 106 Å². The van der Waals surface area contributed by atoms with Gasteiger partial charge in [-0.2, -0.15) is 10.2 Å². The van der Waals surface area contributed by atoms with Crippen LogP contribution in [0.5, 0.6) is 0 Å². The van der Waals surface area contributed by atoms with E-state index in [1.54, 1.807) is 32.9 Å². The van der Waals surface area contributed by atoms with Crippen molar-refractivity contribution in [2.45, 2.75) is 33.0 Å². The smallest absolute Gasteiger partial charge is 0.356 e. The number of pyridine rings is 1. The Hall–Kier alpha value is -3.49. The number of amides is 1. The monoisotopic (exact) mass is 394 g/mol. The second-order valence-electron chi connectivity index (χ2n) is 7.23. The van der Waals surface area contributed by atoms with Crippen LogP contribution in [0.25, 0.3) is 0 Å². The van der Waals surface area contributed by atoms with Crippen LogP contribution in [-0.4, -0.2) is 53.0 Å². The lowest BCUT2D eigenvalue weighted by Crippen LogP contribution is -2.40. The highest BCUT2D eigenvalue weighted by molar-refractivity contribution is 5.88. The third-order valence-electron chi connectivity index (χ3n) is 5.17. The molecule has 1 aliphatic heterocycles. The van der Waals surface area contributed by atoms with E-state index in [0.717, 1.165) is 11.3 Å². The van der Waals surface area contributed by atoms with Gasteiger partial charge in [-0.3, -0.25) is 19.1 Å². The fourth-order valence-electron chi connectivity index (χ4n) is 3.72. The van der Waals surface area contributed by atoms with Crippen LogP contribution in [0.2, 0.25) is 0 Å². The second kappa shape index (κ2) is 7.86. The highest BCUT2D eigenvalue weighted by atomic mass is 16.4. The average Bonchev–Trinajstić information content (AvgIpc) is 3.36. The first-order chi connectivity index (χ1) is 14.0. The van der Waals surface area contributed by atoms with Gasteiger partial charge in [0.2, 0.25) is 5.91 Å². The molecule has 0 fully saturated rings. The summed E-state index contributed by atoms with van der Waals surface area (Å²) in [6.07, 6.45) is 7.47.